The molecule has 5 nitrogen and oxygen atoms in total. The molecule has 1 spiro atoms. The van der Waals surface area contributed by atoms with E-state index in [9.17, 15) is 18.0 Å². The number of halogens is 5. The lowest BCUT2D eigenvalue weighted by Crippen LogP contribution is -2.42. The minimum Gasteiger partial charge on any atom is -0.465 e. The maximum Gasteiger partial charge on any atom is 0.573 e. The number of hydrogen-bond acceptors (Lipinski definition) is 5. The molecular weight excluding hydrogens is 492 g/mol. The maximum absolute atomic E-state index is 12.5. The van der Waals surface area contributed by atoms with Crippen LogP contribution in [0, 0.1) is 5.92 Å². The zero-order chi connectivity index (χ0) is 24.5. The molecule has 34 heavy (non-hydrogen) atoms. The van der Waals surface area contributed by atoms with Crippen molar-refractivity contribution in [2.45, 2.75) is 50.4 Å². The third-order valence-corrected chi connectivity index (χ3v) is 7.00. The van der Waals surface area contributed by atoms with Gasteiger partial charge in [0, 0.05) is 6.42 Å². The molecule has 1 saturated carbocycles. The molecule has 0 aromatic heterocycles. The predicted octanol–water partition coefficient (Wildman–Crippen LogP) is 6.55. The van der Waals surface area contributed by atoms with Gasteiger partial charge in [0.05, 0.1) is 34.0 Å². The van der Waals surface area contributed by atoms with E-state index in [1.54, 1.807) is 12.1 Å². The highest BCUT2D eigenvalue weighted by Gasteiger charge is 2.40. The summed E-state index contributed by atoms with van der Waals surface area (Å²) in [6, 6.07) is 10.2. The fourth-order valence-corrected chi connectivity index (χ4v) is 5.28. The largest absolute Gasteiger partial charge is 0.573 e. The van der Waals surface area contributed by atoms with E-state index >= 15 is 0 Å². The molecule has 2 aromatic carbocycles. The highest BCUT2D eigenvalue weighted by atomic mass is 35.5. The van der Waals surface area contributed by atoms with Gasteiger partial charge in [0.1, 0.15) is 0 Å². The van der Waals surface area contributed by atoms with Gasteiger partial charge >= 0.3 is 12.3 Å². The van der Waals surface area contributed by atoms with Crippen LogP contribution in [0.15, 0.2) is 41.5 Å². The number of hydrazone groups is 1. The number of carbonyl (C=O) groups is 1. The van der Waals surface area contributed by atoms with Gasteiger partial charge in [-0.25, -0.2) is 4.79 Å². The molecule has 4 rings (SSSR count). The smallest absolute Gasteiger partial charge is 0.465 e. The van der Waals surface area contributed by atoms with Crippen molar-refractivity contribution in [3.05, 3.63) is 63.1 Å². The van der Waals surface area contributed by atoms with Crippen LogP contribution in [0.5, 0.6) is 5.75 Å². The molecule has 0 atom stereocenters. The number of carbonyl (C=O) groups excluding carboxylic acids is 1. The van der Waals surface area contributed by atoms with Crippen LogP contribution in [-0.4, -0.2) is 30.7 Å². The highest BCUT2D eigenvalue weighted by Crippen LogP contribution is 2.41. The molecule has 0 amide bonds. The van der Waals surface area contributed by atoms with Gasteiger partial charge in [-0.2, -0.15) is 5.10 Å². The van der Waals surface area contributed by atoms with Gasteiger partial charge in [0.2, 0.25) is 0 Å². The summed E-state index contributed by atoms with van der Waals surface area (Å²) in [5.74, 6) is -0.586. The molecule has 0 unspecified atom stereocenters. The van der Waals surface area contributed by atoms with Crippen molar-refractivity contribution in [3.8, 4) is 5.75 Å². The molecule has 182 valence electrons. The fraction of sp³-hybridized carbons (Fsp3) is 0.417. The second-order valence-electron chi connectivity index (χ2n) is 8.78. The van der Waals surface area contributed by atoms with Crippen molar-refractivity contribution in [3.63, 3.8) is 0 Å². The summed E-state index contributed by atoms with van der Waals surface area (Å²) in [5.41, 5.74) is 6.42. The Bertz CT molecular complexity index is 1070. The molecule has 2 aliphatic rings. The van der Waals surface area contributed by atoms with Gasteiger partial charge in [-0.1, -0.05) is 35.3 Å². The summed E-state index contributed by atoms with van der Waals surface area (Å²) in [6.45, 7) is 0. The van der Waals surface area contributed by atoms with E-state index < -0.39 is 12.1 Å². The number of alkyl halides is 3. The molecule has 0 bridgehead atoms. The normalized spacial score (nSPS) is 22.3. The zero-order valence-corrected chi connectivity index (χ0v) is 19.9. The second-order valence-corrected chi connectivity index (χ2v) is 9.59. The molecule has 1 N–H and O–H groups in total. The van der Waals surface area contributed by atoms with Crippen LogP contribution in [0.2, 0.25) is 10.0 Å². The monoisotopic (exact) mass is 514 g/mol. The average molecular weight is 515 g/mol. The SMILES string of the molecule is COC(=O)c1ccc(C2=NNC3(CCC(Cc4cc(Cl)c(OC(F)(F)F)c(Cl)c4)CC3)C2)cc1. The number of nitrogens with one attached hydrogen (secondary N) is 1. The molecule has 1 fully saturated rings. The lowest BCUT2D eigenvalue weighted by molar-refractivity contribution is -0.274. The molecule has 1 aliphatic heterocycles. The number of benzene rings is 2. The van der Waals surface area contributed by atoms with Gasteiger partial charge in [-0.15, -0.1) is 13.2 Å². The first-order chi connectivity index (χ1) is 16.1. The first kappa shape index (κ1) is 24.7. The lowest BCUT2D eigenvalue weighted by Gasteiger charge is -2.37. The van der Waals surface area contributed by atoms with Crippen molar-refractivity contribution in [2.75, 3.05) is 7.11 Å². The van der Waals surface area contributed by atoms with Gasteiger partial charge in [0.15, 0.2) is 5.75 Å². The van der Waals surface area contributed by atoms with E-state index in [4.69, 9.17) is 27.9 Å². The maximum atomic E-state index is 12.5. The molecule has 1 aliphatic carbocycles. The Kier molecular flexibility index (Phi) is 7.01. The van der Waals surface area contributed by atoms with Gasteiger partial charge in [-0.3, -0.25) is 0 Å². The van der Waals surface area contributed by atoms with Crippen LogP contribution in [0.3, 0.4) is 0 Å². The number of methoxy groups -OCH3 is 1. The van der Waals surface area contributed by atoms with Crippen LogP contribution < -0.4 is 10.2 Å². The zero-order valence-electron chi connectivity index (χ0n) is 18.3. The Balaban J connectivity index is 1.34. The van der Waals surface area contributed by atoms with E-state index in [0.717, 1.165) is 48.9 Å². The number of hydrogen-bond donors (Lipinski definition) is 1. The Morgan fingerprint density at radius 1 is 1.15 bits per heavy atom. The number of ether oxygens (including phenoxy) is 2. The minimum atomic E-state index is -4.86. The van der Waals surface area contributed by atoms with Crippen LogP contribution in [0.25, 0.3) is 0 Å². The van der Waals surface area contributed by atoms with Crippen molar-refractivity contribution in [1.82, 2.24) is 5.43 Å². The topological polar surface area (TPSA) is 59.9 Å². The second kappa shape index (κ2) is 9.66. The number of nitrogens with zero attached hydrogens (tertiary/aromatic N) is 1. The van der Waals surface area contributed by atoms with E-state index in [-0.39, 0.29) is 21.6 Å². The fourth-order valence-electron chi connectivity index (χ4n) is 4.67. The van der Waals surface area contributed by atoms with Gasteiger partial charge in [0.25, 0.3) is 0 Å². The van der Waals surface area contributed by atoms with Crippen molar-refractivity contribution < 1.29 is 27.4 Å². The van der Waals surface area contributed by atoms with Gasteiger partial charge in [-0.05, 0) is 73.4 Å². The third kappa shape index (κ3) is 5.61. The van der Waals surface area contributed by atoms with Crippen LogP contribution in [-0.2, 0) is 11.2 Å². The third-order valence-electron chi connectivity index (χ3n) is 6.44. The Morgan fingerprint density at radius 3 is 2.32 bits per heavy atom. The summed E-state index contributed by atoms with van der Waals surface area (Å²) in [4.78, 5) is 11.6. The number of rotatable bonds is 5. The van der Waals surface area contributed by atoms with Crippen LogP contribution in [0.4, 0.5) is 13.2 Å². The van der Waals surface area contributed by atoms with E-state index in [0.29, 0.717) is 17.9 Å². The van der Waals surface area contributed by atoms with Crippen molar-refractivity contribution in [2.24, 2.45) is 11.0 Å². The molecule has 1 heterocycles. The Morgan fingerprint density at radius 2 is 1.76 bits per heavy atom. The summed E-state index contributed by atoms with van der Waals surface area (Å²) in [5, 5.41) is 4.25. The minimum absolute atomic E-state index is 0.105. The first-order valence-electron chi connectivity index (χ1n) is 10.8. The number of esters is 1. The molecular formula is C24H23Cl2F3N2O3. The Hall–Kier alpha value is -2.45. The van der Waals surface area contributed by atoms with E-state index in [2.05, 4.69) is 15.3 Å². The van der Waals surface area contributed by atoms with E-state index in [1.165, 1.54) is 19.2 Å². The average Bonchev–Trinajstić information content (AvgIpc) is 3.21. The predicted molar refractivity (Wildman–Crippen MR) is 124 cm³/mol. The molecule has 2 aromatic rings. The molecule has 0 saturated heterocycles. The first-order valence-corrected chi connectivity index (χ1v) is 11.6. The van der Waals surface area contributed by atoms with Crippen LogP contribution in [0.1, 0.15) is 53.6 Å². The highest BCUT2D eigenvalue weighted by molar-refractivity contribution is 6.37. The standard InChI is InChI=1S/C24H23Cl2F3N2O3/c1-33-22(32)17-4-2-16(3-5-17)20-13-23(31-30-20)8-6-14(7-9-23)10-15-11-18(25)21(19(26)12-15)34-24(27,28)29/h2-5,11-12,14,31H,6-10,13H2,1H3. The van der Waals surface area contributed by atoms with Gasteiger partial charge < -0.3 is 14.9 Å². The summed E-state index contributed by atoms with van der Waals surface area (Å²) in [7, 11) is 1.35. The van der Waals surface area contributed by atoms with Crippen LogP contribution >= 0.6 is 23.2 Å². The quantitative estimate of drug-likeness (QED) is 0.459. The Labute approximate surface area is 205 Å². The van der Waals surface area contributed by atoms with Crippen molar-refractivity contribution in [1.29, 1.82) is 0 Å². The van der Waals surface area contributed by atoms with Crippen molar-refractivity contribution >= 4 is 34.9 Å². The van der Waals surface area contributed by atoms with E-state index in [1.807, 2.05) is 12.1 Å². The summed E-state index contributed by atoms with van der Waals surface area (Å²) >= 11 is 12.0. The summed E-state index contributed by atoms with van der Waals surface area (Å²) < 4.78 is 46.3. The summed E-state index contributed by atoms with van der Waals surface area (Å²) in [6.07, 6.45) is 0.317. The lowest BCUT2D eigenvalue weighted by atomic mass is 9.73. The molecule has 10 heteroatoms. The molecule has 0 radical (unpaired) electrons.